The van der Waals surface area contributed by atoms with E-state index in [9.17, 15) is 9.59 Å². The molecule has 8 heteroatoms. The standard InChI is InChI=1S/C25H29NO7/c1-16-24(28)33-22-20(15-29-13-18-9-5-3-6-10-18)32-25(21(23(22)31-16)26-17(2)27)30-14-19-11-7-4-8-12-19/h3-12,16,20-23,25H,13-15H2,1-2H3,(H,26,27)/t16?,20?,21?,22-,23-,25+/m1/s1. The van der Waals surface area contributed by atoms with E-state index in [2.05, 4.69) is 5.32 Å². The number of hydrogen-bond donors (Lipinski definition) is 1. The van der Waals surface area contributed by atoms with Gasteiger partial charge in [0.05, 0.1) is 19.8 Å². The van der Waals surface area contributed by atoms with Crippen molar-refractivity contribution < 1.29 is 33.3 Å². The molecule has 2 aromatic carbocycles. The van der Waals surface area contributed by atoms with Crippen LogP contribution in [0.4, 0.5) is 0 Å². The Morgan fingerprint density at radius 3 is 2.21 bits per heavy atom. The number of esters is 1. The van der Waals surface area contributed by atoms with Crippen LogP contribution < -0.4 is 5.32 Å². The second kappa shape index (κ2) is 10.9. The van der Waals surface area contributed by atoms with Crippen molar-refractivity contribution in [3.8, 4) is 0 Å². The van der Waals surface area contributed by atoms with Gasteiger partial charge < -0.3 is 29.0 Å². The van der Waals surface area contributed by atoms with Crippen LogP contribution in [0.25, 0.3) is 0 Å². The number of nitrogens with one attached hydrogen (secondary N) is 1. The van der Waals surface area contributed by atoms with Gasteiger partial charge in [-0.3, -0.25) is 4.79 Å². The number of hydrogen-bond acceptors (Lipinski definition) is 7. The molecule has 0 aliphatic carbocycles. The molecule has 1 amide bonds. The van der Waals surface area contributed by atoms with E-state index < -0.39 is 42.7 Å². The Hall–Kier alpha value is -2.78. The Bertz CT molecular complexity index is 923. The summed E-state index contributed by atoms with van der Waals surface area (Å²) in [5, 5.41) is 2.86. The normalized spacial score (nSPS) is 29.1. The summed E-state index contributed by atoms with van der Waals surface area (Å²) in [6.45, 7) is 3.87. The number of ether oxygens (including phenoxy) is 5. The molecule has 1 N–H and O–H groups in total. The average Bonchev–Trinajstić information content (AvgIpc) is 2.81. The van der Waals surface area contributed by atoms with E-state index in [1.165, 1.54) is 6.92 Å². The van der Waals surface area contributed by atoms with Gasteiger partial charge in [-0.25, -0.2) is 4.79 Å². The molecule has 176 valence electrons. The van der Waals surface area contributed by atoms with E-state index in [-0.39, 0.29) is 19.1 Å². The van der Waals surface area contributed by atoms with Crippen LogP contribution in [0.5, 0.6) is 0 Å². The van der Waals surface area contributed by atoms with E-state index in [0.29, 0.717) is 6.61 Å². The summed E-state index contributed by atoms with van der Waals surface area (Å²) in [6.07, 6.45) is -3.58. The largest absolute Gasteiger partial charge is 0.455 e. The fourth-order valence-corrected chi connectivity index (χ4v) is 4.01. The van der Waals surface area contributed by atoms with Crippen LogP contribution in [0.2, 0.25) is 0 Å². The lowest BCUT2D eigenvalue weighted by Gasteiger charge is -2.48. The van der Waals surface area contributed by atoms with Gasteiger partial charge in [-0.1, -0.05) is 60.7 Å². The first-order valence-electron chi connectivity index (χ1n) is 11.1. The Morgan fingerprint density at radius 2 is 1.58 bits per heavy atom. The van der Waals surface area contributed by atoms with Crippen molar-refractivity contribution in [2.75, 3.05) is 6.61 Å². The first-order chi connectivity index (χ1) is 16.0. The maximum Gasteiger partial charge on any atom is 0.335 e. The zero-order valence-electron chi connectivity index (χ0n) is 18.7. The van der Waals surface area contributed by atoms with Gasteiger partial charge in [-0.05, 0) is 18.1 Å². The quantitative estimate of drug-likeness (QED) is 0.611. The lowest BCUT2D eigenvalue weighted by atomic mass is 9.95. The van der Waals surface area contributed by atoms with E-state index in [4.69, 9.17) is 23.7 Å². The highest BCUT2D eigenvalue weighted by Gasteiger charge is 2.53. The topological polar surface area (TPSA) is 92.3 Å². The molecule has 3 unspecified atom stereocenters. The van der Waals surface area contributed by atoms with Gasteiger partial charge in [0.15, 0.2) is 18.5 Å². The minimum atomic E-state index is -0.815. The molecule has 2 saturated heterocycles. The number of fused-ring (bicyclic) bond motifs is 1. The average molecular weight is 456 g/mol. The van der Waals surface area contributed by atoms with Gasteiger partial charge in [0.1, 0.15) is 18.2 Å². The van der Waals surface area contributed by atoms with Gasteiger partial charge in [-0.15, -0.1) is 0 Å². The first kappa shape index (κ1) is 23.4. The third kappa shape index (κ3) is 5.97. The number of rotatable bonds is 8. The molecule has 4 rings (SSSR count). The zero-order chi connectivity index (χ0) is 23.2. The van der Waals surface area contributed by atoms with Crippen molar-refractivity contribution in [3.63, 3.8) is 0 Å². The predicted molar refractivity (Wildman–Crippen MR) is 118 cm³/mol. The number of amides is 1. The number of carbonyl (C=O) groups is 2. The van der Waals surface area contributed by atoms with Crippen molar-refractivity contribution in [1.29, 1.82) is 0 Å². The van der Waals surface area contributed by atoms with Crippen LogP contribution in [-0.4, -0.2) is 55.2 Å². The molecule has 2 aliphatic heterocycles. The predicted octanol–water partition coefficient (Wildman–Crippen LogP) is 2.35. The maximum absolute atomic E-state index is 12.2. The molecule has 0 radical (unpaired) electrons. The SMILES string of the molecule is CC(=O)NC1[C@@H](OCc2ccccc2)OC(COCc2ccccc2)[C@H]2OC(=O)C(C)O[C@H]12. The third-order valence-electron chi connectivity index (χ3n) is 5.61. The van der Waals surface area contributed by atoms with E-state index >= 15 is 0 Å². The number of benzene rings is 2. The molecule has 8 nitrogen and oxygen atoms in total. The lowest BCUT2D eigenvalue weighted by molar-refractivity contribution is -0.305. The molecular weight excluding hydrogens is 426 g/mol. The summed E-state index contributed by atoms with van der Waals surface area (Å²) in [6, 6.07) is 18.8. The fraction of sp³-hybridized carbons (Fsp3) is 0.440. The van der Waals surface area contributed by atoms with Crippen LogP contribution in [0.1, 0.15) is 25.0 Å². The van der Waals surface area contributed by atoms with Gasteiger partial charge in [0.2, 0.25) is 5.91 Å². The minimum Gasteiger partial charge on any atom is -0.455 e. The van der Waals surface area contributed by atoms with Crippen molar-refractivity contribution in [2.45, 2.75) is 63.8 Å². The summed E-state index contributed by atoms with van der Waals surface area (Å²) in [5.74, 6) is -0.735. The number of carbonyl (C=O) groups excluding carboxylic acids is 2. The van der Waals surface area contributed by atoms with Crippen LogP contribution in [0, 0.1) is 0 Å². The smallest absolute Gasteiger partial charge is 0.335 e. The van der Waals surface area contributed by atoms with Crippen molar-refractivity contribution in [3.05, 3.63) is 71.8 Å². The molecule has 0 bridgehead atoms. The van der Waals surface area contributed by atoms with E-state index in [1.807, 2.05) is 60.7 Å². The zero-order valence-corrected chi connectivity index (χ0v) is 18.7. The van der Waals surface area contributed by atoms with Crippen LogP contribution in [0.3, 0.4) is 0 Å². The fourth-order valence-electron chi connectivity index (χ4n) is 4.01. The summed E-state index contributed by atoms with van der Waals surface area (Å²) in [5.41, 5.74) is 1.98. The lowest BCUT2D eigenvalue weighted by Crippen LogP contribution is -2.69. The second-order valence-electron chi connectivity index (χ2n) is 8.21. The Balaban J connectivity index is 1.50. The molecule has 0 aromatic heterocycles. The van der Waals surface area contributed by atoms with Crippen LogP contribution in [0.15, 0.2) is 60.7 Å². The van der Waals surface area contributed by atoms with Gasteiger partial charge >= 0.3 is 5.97 Å². The van der Waals surface area contributed by atoms with Crippen molar-refractivity contribution in [2.24, 2.45) is 0 Å². The molecule has 6 atom stereocenters. The third-order valence-corrected chi connectivity index (χ3v) is 5.61. The highest BCUT2D eigenvalue weighted by atomic mass is 16.7. The maximum atomic E-state index is 12.2. The Labute approximate surface area is 193 Å². The first-order valence-corrected chi connectivity index (χ1v) is 11.1. The highest BCUT2D eigenvalue weighted by Crippen LogP contribution is 2.32. The summed E-state index contributed by atoms with van der Waals surface area (Å²) < 4.78 is 29.8. The second-order valence-corrected chi connectivity index (χ2v) is 8.21. The summed E-state index contributed by atoms with van der Waals surface area (Å²) >= 11 is 0. The van der Waals surface area contributed by atoms with E-state index in [0.717, 1.165) is 11.1 Å². The Morgan fingerprint density at radius 1 is 0.939 bits per heavy atom. The van der Waals surface area contributed by atoms with Gasteiger partial charge in [0, 0.05) is 6.92 Å². The molecule has 2 aromatic rings. The van der Waals surface area contributed by atoms with Crippen molar-refractivity contribution >= 4 is 11.9 Å². The molecule has 2 fully saturated rings. The summed E-state index contributed by atoms with van der Waals surface area (Å²) in [4.78, 5) is 24.2. The van der Waals surface area contributed by atoms with Crippen LogP contribution >= 0.6 is 0 Å². The molecular formula is C25H29NO7. The molecule has 33 heavy (non-hydrogen) atoms. The van der Waals surface area contributed by atoms with Crippen LogP contribution in [-0.2, 0) is 46.5 Å². The monoisotopic (exact) mass is 455 g/mol. The highest BCUT2D eigenvalue weighted by molar-refractivity contribution is 5.75. The summed E-state index contributed by atoms with van der Waals surface area (Å²) in [7, 11) is 0. The molecule has 2 heterocycles. The molecule has 0 saturated carbocycles. The van der Waals surface area contributed by atoms with Gasteiger partial charge in [0.25, 0.3) is 0 Å². The minimum absolute atomic E-state index is 0.166. The Kier molecular flexibility index (Phi) is 7.72. The van der Waals surface area contributed by atoms with Crippen molar-refractivity contribution in [1.82, 2.24) is 5.32 Å². The van der Waals surface area contributed by atoms with E-state index in [1.54, 1.807) is 6.92 Å². The van der Waals surface area contributed by atoms with Gasteiger partial charge in [-0.2, -0.15) is 0 Å². The molecule has 2 aliphatic rings. The molecule has 0 spiro atoms.